The van der Waals surface area contributed by atoms with Gasteiger partial charge in [-0.1, -0.05) is 42.1 Å². The SMILES string of the molecule is COC(=O)C1=C(C(=O)OC)C(N(C)C)N=C(c2ccccc2)S1. The van der Waals surface area contributed by atoms with E-state index in [9.17, 15) is 9.59 Å². The molecule has 0 fully saturated rings. The lowest BCUT2D eigenvalue weighted by molar-refractivity contribution is -0.139. The molecule has 0 saturated carbocycles. The molecule has 6 nitrogen and oxygen atoms in total. The van der Waals surface area contributed by atoms with Gasteiger partial charge in [0.15, 0.2) is 0 Å². The van der Waals surface area contributed by atoms with Gasteiger partial charge in [0.05, 0.1) is 19.8 Å². The highest BCUT2D eigenvalue weighted by atomic mass is 32.2. The zero-order valence-electron chi connectivity index (χ0n) is 13.4. The van der Waals surface area contributed by atoms with E-state index < -0.39 is 18.1 Å². The molecule has 1 aliphatic heterocycles. The molecular weight excluding hydrogens is 316 g/mol. The van der Waals surface area contributed by atoms with Crippen LogP contribution in [0.5, 0.6) is 0 Å². The second-order valence-corrected chi connectivity index (χ2v) is 5.96. The molecule has 2 rings (SSSR count). The molecule has 1 aliphatic rings. The number of thioether (sulfide) groups is 1. The van der Waals surface area contributed by atoms with Gasteiger partial charge in [0.25, 0.3) is 0 Å². The van der Waals surface area contributed by atoms with Gasteiger partial charge < -0.3 is 9.47 Å². The van der Waals surface area contributed by atoms with E-state index in [0.29, 0.717) is 5.04 Å². The maximum Gasteiger partial charge on any atom is 0.345 e. The Bertz CT molecular complexity index is 668. The van der Waals surface area contributed by atoms with Crippen molar-refractivity contribution in [1.82, 2.24) is 4.90 Å². The summed E-state index contributed by atoms with van der Waals surface area (Å²) in [7, 11) is 6.12. The highest BCUT2D eigenvalue weighted by Gasteiger charge is 2.36. The number of likely N-dealkylation sites (N-methyl/N-ethyl adjacent to an activating group) is 1. The Balaban J connectivity index is 2.55. The summed E-state index contributed by atoms with van der Waals surface area (Å²) >= 11 is 1.12. The van der Waals surface area contributed by atoms with Crippen molar-refractivity contribution in [3.8, 4) is 0 Å². The number of methoxy groups -OCH3 is 2. The minimum atomic E-state index is -0.618. The Kier molecular flexibility index (Phi) is 5.57. The second-order valence-electron chi connectivity index (χ2n) is 4.97. The fourth-order valence-electron chi connectivity index (χ4n) is 2.11. The summed E-state index contributed by atoms with van der Waals surface area (Å²) in [6.45, 7) is 0. The van der Waals surface area contributed by atoms with Crippen LogP contribution in [0.4, 0.5) is 0 Å². The van der Waals surface area contributed by atoms with Crippen LogP contribution in [0.1, 0.15) is 5.56 Å². The fraction of sp³-hybridized carbons (Fsp3) is 0.312. The third kappa shape index (κ3) is 3.62. The summed E-state index contributed by atoms with van der Waals surface area (Å²) in [6, 6.07) is 9.48. The maximum atomic E-state index is 12.2. The summed E-state index contributed by atoms with van der Waals surface area (Å²) in [4.78, 5) is 30.9. The van der Waals surface area contributed by atoms with Gasteiger partial charge in [0.2, 0.25) is 0 Å². The third-order valence-electron chi connectivity index (χ3n) is 3.23. The molecule has 0 aliphatic carbocycles. The van der Waals surface area contributed by atoms with Crippen molar-refractivity contribution in [3.63, 3.8) is 0 Å². The van der Waals surface area contributed by atoms with Crippen molar-refractivity contribution in [3.05, 3.63) is 46.4 Å². The molecular formula is C16H18N2O4S. The standard InChI is InChI=1S/C16H18N2O4S/c1-18(2)13-11(15(19)21-3)12(16(20)22-4)23-14(17-13)10-8-6-5-7-9-10/h5-9,13H,1-4H3. The zero-order valence-corrected chi connectivity index (χ0v) is 14.2. The minimum Gasteiger partial charge on any atom is -0.466 e. The third-order valence-corrected chi connectivity index (χ3v) is 4.35. The Hall–Kier alpha value is -2.12. The number of esters is 2. The molecule has 1 atom stereocenters. The smallest absolute Gasteiger partial charge is 0.345 e. The highest BCUT2D eigenvalue weighted by Crippen LogP contribution is 2.35. The number of hydrogen-bond donors (Lipinski definition) is 0. The van der Waals surface area contributed by atoms with E-state index in [1.54, 1.807) is 19.0 Å². The first-order chi connectivity index (χ1) is 11.0. The fourth-order valence-corrected chi connectivity index (χ4v) is 3.18. The quantitative estimate of drug-likeness (QED) is 0.780. The number of nitrogens with zero attached hydrogens (tertiary/aromatic N) is 2. The molecule has 0 N–H and O–H groups in total. The van der Waals surface area contributed by atoms with Gasteiger partial charge in [-0.25, -0.2) is 9.59 Å². The molecule has 1 unspecified atom stereocenters. The summed E-state index contributed by atoms with van der Waals surface area (Å²) < 4.78 is 9.65. The van der Waals surface area contributed by atoms with E-state index in [-0.39, 0.29) is 10.5 Å². The van der Waals surface area contributed by atoms with Crippen molar-refractivity contribution < 1.29 is 19.1 Å². The van der Waals surface area contributed by atoms with E-state index in [4.69, 9.17) is 9.47 Å². The predicted molar refractivity (Wildman–Crippen MR) is 89.1 cm³/mol. The Morgan fingerprint density at radius 3 is 2.22 bits per heavy atom. The van der Waals surface area contributed by atoms with Gasteiger partial charge in [0, 0.05) is 5.56 Å². The van der Waals surface area contributed by atoms with E-state index in [2.05, 4.69) is 4.99 Å². The first kappa shape index (κ1) is 17.2. The molecule has 0 amide bonds. The van der Waals surface area contributed by atoms with Gasteiger partial charge in [-0.3, -0.25) is 9.89 Å². The van der Waals surface area contributed by atoms with Crippen LogP contribution in [0, 0.1) is 0 Å². The molecule has 23 heavy (non-hydrogen) atoms. The topological polar surface area (TPSA) is 68.2 Å². The van der Waals surface area contributed by atoms with Gasteiger partial charge in [-0.2, -0.15) is 0 Å². The average Bonchev–Trinajstić information content (AvgIpc) is 2.59. The number of carbonyl (C=O) groups is 2. The van der Waals surface area contributed by atoms with E-state index >= 15 is 0 Å². The van der Waals surface area contributed by atoms with Crippen molar-refractivity contribution >= 4 is 28.7 Å². The monoisotopic (exact) mass is 334 g/mol. The van der Waals surface area contributed by atoms with E-state index in [0.717, 1.165) is 17.3 Å². The number of ether oxygens (including phenoxy) is 2. The molecule has 1 aromatic rings. The highest BCUT2D eigenvalue weighted by molar-refractivity contribution is 8.18. The molecule has 1 heterocycles. The van der Waals surface area contributed by atoms with Crippen molar-refractivity contribution in [2.24, 2.45) is 4.99 Å². The number of hydrogen-bond acceptors (Lipinski definition) is 7. The summed E-state index contributed by atoms with van der Waals surface area (Å²) in [5.74, 6) is -1.17. The first-order valence-electron chi connectivity index (χ1n) is 6.88. The van der Waals surface area contributed by atoms with Crippen LogP contribution in [0.15, 0.2) is 45.8 Å². The zero-order chi connectivity index (χ0) is 17.0. The van der Waals surface area contributed by atoms with Crippen LogP contribution in [0.2, 0.25) is 0 Å². The van der Waals surface area contributed by atoms with Crippen LogP contribution in [0.25, 0.3) is 0 Å². The van der Waals surface area contributed by atoms with Gasteiger partial charge in [-0.15, -0.1) is 0 Å². The molecule has 1 aromatic carbocycles. The van der Waals surface area contributed by atoms with Crippen LogP contribution < -0.4 is 0 Å². The van der Waals surface area contributed by atoms with Crippen LogP contribution >= 0.6 is 11.8 Å². The van der Waals surface area contributed by atoms with Crippen LogP contribution in [-0.4, -0.2) is 56.4 Å². The number of rotatable bonds is 4. The van der Waals surface area contributed by atoms with E-state index in [1.807, 2.05) is 30.3 Å². The van der Waals surface area contributed by atoms with E-state index in [1.165, 1.54) is 14.2 Å². The molecule has 0 saturated heterocycles. The second kappa shape index (κ2) is 7.43. The Morgan fingerprint density at radius 2 is 1.70 bits per heavy atom. The van der Waals surface area contributed by atoms with Crippen LogP contribution in [0.3, 0.4) is 0 Å². The summed E-state index contributed by atoms with van der Waals surface area (Å²) in [5.41, 5.74) is 1.06. The number of aliphatic imine (C=N–C) groups is 1. The predicted octanol–water partition coefficient (Wildman–Crippen LogP) is 1.67. The molecule has 0 spiro atoms. The largest absolute Gasteiger partial charge is 0.466 e. The van der Waals surface area contributed by atoms with Crippen molar-refractivity contribution in [2.45, 2.75) is 6.17 Å². The minimum absolute atomic E-state index is 0.189. The van der Waals surface area contributed by atoms with Crippen molar-refractivity contribution in [1.29, 1.82) is 0 Å². The molecule has 0 radical (unpaired) electrons. The lowest BCUT2D eigenvalue weighted by atomic mass is 10.1. The number of benzene rings is 1. The van der Waals surface area contributed by atoms with Crippen molar-refractivity contribution in [2.75, 3.05) is 28.3 Å². The lowest BCUT2D eigenvalue weighted by Crippen LogP contribution is -2.36. The Morgan fingerprint density at radius 1 is 1.09 bits per heavy atom. The summed E-state index contributed by atoms with van der Waals surface area (Å²) in [5, 5.41) is 0.650. The Labute approximate surface area is 139 Å². The molecule has 122 valence electrons. The normalized spacial score (nSPS) is 17.8. The van der Waals surface area contributed by atoms with Gasteiger partial charge in [0.1, 0.15) is 16.1 Å². The number of carbonyl (C=O) groups excluding carboxylic acids is 2. The summed E-state index contributed by atoms with van der Waals surface area (Å²) in [6.07, 6.45) is -0.618. The average molecular weight is 334 g/mol. The molecule has 7 heteroatoms. The maximum absolute atomic E-state index is 12.2. The van der Waals surface area contributed by atoms with Crippen LogP contribution in [-0.2, 0) is 19.1 Å². The lowest BCUT2D eigenvalue weighted by Gasteiger charge is -2.28. The van der Waals surface area contributed by atoms with Gasteiger partial charge in [-0.05, 0) is 14.1 Å². The first-order valence-corrected chi connectivity index (χ1v) is 7.69. The molecule has 0 bridgehead atoms. The molecule has 0 aromatic heterocycles. The van der Waals surface area contributed by atoms with Gasteiger partial charge >= 0.3 is 11.9 Å².